The average molecular weight is 315 g/mol. The fraction of sp³-hybridized carbons (Fsp3) is 0.304. The monoisotopic (exact) mass is 315 g/mol. The maximum Gasteiger partial charge on any atom is 0.0239 e. The van der Waals surface area contributed by atoms with Gasteiger partial charge in [0.2, 0.25) is 0 Å². The van der Waals surface area contributed by atoms with E-state index in [1.165, 1.54) is 54.3 Å². The molecule has 0 saturated carbocycles. The molecule has 1 nitrogen and oxygen atoms in total. The molecule has 1 heteroatoms. The molecule has 0 aliphatic carbocycles. The van der Waals surface area contributed by atoms with Gasteiger partial charge in [0.15, 0.2) is 0 Å². The summed E-state index contributed by atoms with van der Waals surface area (Å²) in [5, 5.41) is 2.76. The molecule has 1 fully saturated rings. The summed E-state index contributed by atoms with van der Waals surface area (Å²) in [7, 11) is 0. The van der Waals surface area contributed by atoms with Crippen LogP contribution in [0.3, 0.4) is 0 Å². The van der Waals surface area contributed by atoms with Gasteiger partial charge in [0.05, 0.1) is 0 Å². The van der Waals surface area contributed by atoms with Crippen LogP contribution in [-0.2, 0) is 13.0 Å². The smallest absolute Gasteiger partial charge is 0.0239 e. The summed E-state index contributed by atoms with van der Waals surface area (Å²) in [5.74, 6) is 0.844. The van der Waals surface area contributed by atoms with Gasteiger partial charge in [-0.15, -0.1) is 0 Å². The van der Waals surface area contributed by atoms with E-state index in [0.29, 0.717) is 0 Å². The van der Waals surface area contributed by atoms with E-state index in [-0.39, 0.29) is 0 Å². The van der Waals surface area contributed by atoms with Gasteiger partial charge in [0.1, 0.15) is 0 Å². The van der Waals surface area contributed by atoms with Crippen molar-refractivity contribution in [3.8, 4) is 0 Å². The molecule has 0 aromatic heterocycles. The lowest BCUT2D eigenvalue weighted by atomic mass is 9.90. The van der Waals surface area contributed by atoms with Gasteiger partial charge < -0.3 is 0 Å². The van der Waals surface area contributed by atoms with Crippen molar-refractivity contribution in [2.45, 2.75) is 25.8 Å². The fourth-order valence-corrected chi connectivity index (χ4v) is 3.97. The molecule has 3 aromatic rings. The number of nitrogens with zero attached hydrogens (tertiary/aromatic N) is 1. The largest absolute Gasteiger partial charge is 0.299 e. The van der Waals surface area contributed by atoms with Gasteiger partial charge in [-0.2, -0.15) is 0 Å². The molecule has 1 heterocycles. The van der Waals surface area contributed by atoms with E-state index >= 15 is 0 Å². The molecule has 3 aromatic carbocycles. The van der Waals surface area contributed by atoms with Crippen molar-refractivity contribution in [2.24, 2.45) is 5.92 Å². The maximum absolute atomic E-state index is 2.63. The van der Waals surface area contributed by atoms with Gasteiger partial charge in [-0.1, -0.05) is 72.8 Å². The molecule has 0 amide bonds. The molecule has 1 saturated heterocycles. The highest BCUT2D eigenvalue weighted by molar-refractivity contribution is 5.85. The third kappa shape index (κ3) is 3.52. The minimum atomic E-state index is 0.844. The summed E-state index contributed by atoms with van der Waals surface area (Å²) < 4.78 is 0. The zero-order valence-corrected chi connectivity index (χ0v) is 14.2. The normalized spacial score (nSPS) is 16.5. The van der Waals surface area contributed by atoms with Crippen molar-refractivity contribution in [3.63, 3.8) is 0 Å². The van der Waals surface area contributed by atoms with E-state index in [9.17, 15) is 0 Å². The molecule has 24 heavy (non-hydrogen) atoms. The number of piperidine rings is 1. The summed E-state index contributed by atoms with van der Waals surface area (Å²) in [5.41, 5.74) is 2.96. The average Bonchev–Trinajstić information content (AvgIpc) is 2.65. The lowest BCUT2D eigenvalue weighted by Gasteiger charge is -2.32. The highest BCUT2D eigenvalue weighted by Gasteiger charge is 2.19. The molecule has 0 unspecified atom stereocenters. The third-order valence-electron chi connectivity index (χ3n) is 5.35. The molecule has 0 atom stereocenters. The summed E-state index contributed by atoms with van der Waals surface area (Å²) >= 11 is 0. The minimum absolute atomic E-state index is 0.844. The Morgan fingerprint density at radius 2 is 1.46 bits per heavy atom. The van der Waals surface area contributed by atoms with Crippen LogP contribution in [-0.4, -0.2) is 18.0 Å². The summed E-state index contributed by atoms with van der Waals surface area (Å²) in [6.45, 7) is 3.53. The Kier molecular flexibility index (Phi) is 4.62. The topological polar surface area (TPSA) is 3.24 Å². The predicted octanol–water partition coefficient (Wildman–Crippen LogP) is 5.29. The first-order valence-corrected chi connectivity index (χ1v) is 9.11. The Bertz CT molecular complexity index is 780. The zero-order valence-electron chi connectivity index (χ0n) is 14.2. The molecular weight excluding hydrogens is 290 g/mol. The van der Waals surface area contributed by atoms with Crippen LogP contribution in [0.1, 0.15) is 24.0 Å². The summed E-state index contributed by atoms with van der Waals surface area (Å²) in [4.78, 5) is 2.63. The van der Waals surface area contributed by atoms with Gasteiger partial charge in [-0.25, -0.2) is 0 Å². The Morgan fingerprint density at radius 3 is 2.29 bits per heavy atom. The summed E-state index contributed by atoms with van der Waals surface area (Å²) in [6.07, 6.45) is 3.88. The Morgan fingerprint density at radius 1 is 0.750 bits per heavy atom. The van der Waals surface area contributed by atoms with Crippen molar-refractivity contribution >= 4 is 10.8 Å². The third-order valence-corrected chi connectivity index (χ3v) is 5.35. The van der Waals surface area contributed by atoms with Crippen LogP contribution in [0, 0.1) is 5.92 Å². The first-order valence-electron chi connectivity index (χ1n) is 9.11. The highest BCUT2D eigenvalue weighted by Crippen LogP contribution is 2.25. The number of fused-ring (bicyclic) bond motifs is 1. The summed E-state index contributed by atoms with van der Waals surface area (Å²) in [6, 6.07) is 26.4. The van der Waals surface area contributed by atoms with Crippen LogP contribution in [0.15, 0.2) is 72.8 Å². The van der Waals surface area contributed by atoms with Gasteiger partial charge in [-0.3, -0.25) is 4.90 Å². The van der Waals surface area contributed by atoms with E-state index in [1.807, 2.05) is 0 Å². The van der Waals surface area contributed by atoms with Gasteiger partial charge in [0, 0.05) is 6.54 Å². The molecular formula is C23H25N. The van der Waals surface area contributed by atoms with Crippen molar-refractivity contribution < 1.29 is 0 Å². The van der Waals surface area contributed by atoms with Crippen LogP contribution in [0.2, 0.25) is 0 Å². The first-order chi connectivity index (χ1) is 11.9. The highest BCUT2D eigenvalue weighted by atomic mass is 15.1. The number of hydrogen-bond acceptors (Lipinski definition) is 1. The molecule has 0 bridgehead atoms. The van der Waals surface area contributed by atoms with Crippen molar-refractivity contribution in [1.29, 1.82) is 0 Å². The molecule has 1 aliphatic rings. The van der Waals surface area contributed by atoms with Crippen LogP contribution in [0.5, 0.6) is 0 Å². The molecule has 122 valence electrons. The molecule has 0 N–H and O–H groups in total. The standard InChI is InChI=1S/C23H25N/c1-2-7-19(8-3-1)17-20-13-15-24(16-14-20)18-22-11-6-10-21-9-4-5-12-23(21)22/h1-12,20H,13-18H2. The molecule has 4 rings (SSSR count). The van der Waals surface area contributed by atoms with Crippen LogP contribution < -0.4 is 0 Å². The number of benzene rings is 3. The van der Waals surface area contributed by atoms with E-state index in [1.54, 1.807) is 0 Å². The Labute approximate surface area is 144 Å². The van der Waals surface area contributed by atoms with Crippen LogP contribution in [0.25, 0.3) is 10.8 Å². The predicted molar refractivity (Wildman–Crippen MR) is 102 cm³/mol. The van der Waals surface area contributed by atoms with Crippen LogP contribution in [0.4, 0.5) is 0 Å². The van der Waals surface area contributed by atoms with Crippen molar-refractivity contribution in [2.75, 3.05) is 13.1 Å². The quantitative estimate of drug-likeness (QED) is 0.632. The van der Waals surface area contributed by atoms with E-state index in [2.05, 4.69) is 77.7 Å². The first kappa shape index (κ1) is 15.4. The van der Waals surface area contributed by atoms with Crippen molar-refractivity contribution in [3.05, 3.63) is 83.9 Å². The molecule has 0 spiro atoms. The van der Waals surface area contributed by atoms with Gasteiger partial charge in [0.25, 0.3) is 0 Å². The van der Waals surface area contributed by atoms with Crippen LogP contribution >= 0.6 is 0 Å². The SMILES string of the molecule is c1ccc(CC2CCN(Cc3cccc4ccccc34)CC2)cc1. The molecule has 0 radical (unpaired) electrons. The second-order valence-corrected chi connectivity index (χ2v) is 7.05. The fourth-order valence-electron chi connectivity index (χ4n) is 3.97. The van der Waals surface area contributed by atoms with Crippen molar-refractivity contribution in [1.82, 2.24) is 4.90 Å². The number of likely N-dealkylation sites (tertiary alicyclic amines) is 1. The Balaban J connectivity index is 1.38. The van der Waals surface area contributed by atoms with E-state index in [0.717, 1.165) is 12.5 Å². The number of hydrogen-bond donors (Lipinski definition) is 0. The van der Waals surface area contributed by atoms with Gasteiger partial charge in [-0.05, 0) is 60.2 Å². The molecule has 1 aliphatic heterocycles. The van der Waals surface area contributed by atoms with Gasteiger partial charge >= 0.3 is 0 Å². The number of rotatable bonds is 4. The second kappa shape index (κ2) is 7.19. The second-order valence-electron chi connectivity index (χ2n) is 7.05. The minimum Gasteiger partial charge on any atom is -0.299 e. The maximum atomic E-state index is 2.63. The lowest BCUT2D eigenvalue weighted by Crippen LogP contribution is -2.33. The van der Waals surface area contributed by atoms with E-state index in [4.69, 9.17) is 0 Å². The lowest BCUT2D eigenvalue weighted by molar-refractivity contribution is 0.177. The Hall–Kier alpha value is -2.12. The zero-order chi connectivity index (χ0) is 16.2. The van der Waals surface area contributed by atoms with E-state index < -0.39 is 0 Å².